The van der Waals surface area contributed by atoms with Crippen molar-refractivity contribution in [3.05, 3.63) is 58.1 Å². The van der Waals surface area contributed by atoms with Crippen molar-refractivity contribution < 1.29 is 22.7 Å². The SMILES string of the molecule is CC[C@H](C(=O)N[C@@H](C)CC)N(Cc1c(Cl)cccc1Cl)C(=O)CCCN(c1ccc(OC)cc1)S(C)(=O)=O. The van der Waals surface area contributed by atoms with Gasteiger partial charge >= 0.3 is 0 Å². The lowest BCUT2D eigenvalue weighted by Gasteiger charge is -2.32. The summed E-state index contributed by atoms with van der Waals surface area (Å²) in [6.45, 7) is 5.85. The van der Waals surface area contributed by atoms with Gasteiger partial charge in [-0.2, -0.15) is 0 Å². The number of carbonyl (C=O) groups excluding carboxylic acids is 2. The van der Waals surface area contributed by atoms with Crippen LogP contribution in [0.25, 0.3) is 0 Å². The molecule has 2 aromatic carbocycles. The molecule has 2 aromatic rings. The molecule has 0 fully saturated rings. The molecule has 0 saturated heterocycles. The average Bonchev–Trinajstić information content (AvgIpc) is 2.87. The third kappa shape index (κ3) is 8.78. The molecule has 1 N–H and O–H groups in total. The third-order valence-corrected chi connectivity index (χ3v) is 8.19. The van der Waals surface area contributed by atoms with Crippen molar-refractivity contribution in [1.82, 2.24) is 10.2 Å². The Morgan fingerprint density at radius 2 is 1.63 bits per heavy atom. The molecule has 0 spiro atoms. The molecular weight excluding hydrogens is 549 g/mol. The minimum absolute atomic E-state index is 0.0252. The Bertz CT molecular complexity index is 1170. The molecule has 11 heteroatoms. The van der Waals surface area contributed by atoms with Gasteiger partial charge in [-0.1, -0.05) is 43.1 Å². The van der Waals surface area contributed by atoms with Crippen molar-refractivity contribution in [2.45, 2.75) is 65.1 Å². The van der Waals surface area contributed by atoms with Crippen LogP contribution in [0.15, 0.2) is 42.5 Å². The molecule has 0 heterocycles. The number of carbonyl (C=O) groups is 2. The minimum atomic E-state index is -3.60. The van der Waals surface area contributed by atoms with Gasteiger partial charge in [0.05, 0.1) is 19.1 Å². The minimum Gasteiger partial charge on any atom is -0.497 e. The molecule has 8 nitrogen and oxygen atoms in total. The Kier molecular flexibility index (Phi) is 12.2. The number of hydrogen-bond acceptors (Lipinski definition) is 5. The number of hydrogen-bond donors (Lipinski definition) is 1. The second-order valence-electron chi connectivity index (χ2n) is 9.10. The van der Waals surface area contributed by atoms with Crippen molar-refractivity contribution >= 4 is 50.7 Å². The molecule has 0 saturated carbocycles. The van der Waals surface area contributed by atoms with Gasteiger partial charge in [0.25, 0.3) is 0 Å². The van der Waals surface area contributed by atoms with E-state index in [1.165, 1.54) is 16.3 Å². The topological polar surface area (TPSA) is 96.0 Å². The summed E-state index contributed by atoms with van der Waals surface area (Å²) < 4.78 is 31.4. The Hall–Kier alpha value is -2.49. The second-order valence-corrected chi connectivity index (χ2v) is 11.8. The van der Waals surface area contributed by atoms with E-state index in [0.29, 0.717) is 33.5 Å². The number of methoxy groups -OCH3 is 1. The molecule has 0 aromatic heterocycles. The number of ether oxygens (including phenoxy) is 1. The van der Waals surface area contributed by atoms with Crippen LogP contribution in [-0.2, 0) is 26.2 Å². The average molecular weight is 587 g/mol. The first-order valence-electron chi connectivity index (χ1n) is 12.6. The van der Waals surface area contributed by atoms with Crippen LogP contribution in [0.5, 0.6) is 5.75 Å². The highest BCUT2D eigenvalue weighted by Crippen LogP contribution is 2.28. The summed E-state index contributed by atoms with van der Waals surface area (Å²) in [7, 11) is -2.07. The zero-order valence-corrected chi connectivity index (χ0v) is 24.9. The maximum atomic E-state index is 13.6. The van der Waals surface area contributed by atoms with Crippen molar-refractivity contribution in [3.63, 3.8) is 0 Å². The van der Waals surface area contributed by atoms with Gasteiger partial charge < -0.3 is 15.0 Å². The van der Waals surface area contributed by atoms with Crippen molar-refractivity contribution in [1.29, 1.82) is 0 Å². The molecule has 2 amide bonds. The predicted octanol–water partition coefficient (Wildman–Crippen LogP) is 5.27. The number of nitrogens with one attached hydrogen (secondary N) is 1. The number of anilines is 1. The number of halogens is 2. The Labute approximate surface area is 236 Å². The molecule has 0 bridgehead atoms. The summed E-state index contributed by atoms with van der Waals surface area (Å²) in [5.74, 6) is 0.0530. The van der Waals surface area contributed by atoms with Crippen LogP contribution in [-0.4, -0.2) is 57.1 Å². The van der Waals surface area contributed by atoms with Crippen molar-refractivity contribution in [3.8, 4) is 5.75 Å². The number of nitrogens with zero attached hydrogens (tertiary/aromatic N) is 2. The van der Waals surface area contributed by atoms with Gasteiger partial charge in [0.2, 0.25) is 21.8 Å². The fourth-order valence-electron chi connectivity index (χ4n) is 3.97. The van der Waals surface area contributed by atoms with Gasteiger partial charge in [-0.15, -0.1) is 0 Å². The van der Waals surface area contributed by atoms with E-state index in [2.05, 4.69) is 5.32 Å². The highest BCUT2D eigenvalue weighted by Gasteiger charge is 2.30. The van der Waals surface area contributed by atoms with Crippen molar-refractivity contribution in [2.75, 3.05) is 24.2 Å². The van der Waals surface area contributed by atoms with Crippen LogP contribution in [0, 0.1) is 0 Å². The molecular formula is C27H37Cl2N3O5S. The van der Waals surface area contributed by atoms with Gasteiger partial charge in [-0.05, 0) is 62.6 Å². The lowest BCUT2D eigenvalue weighted by molar-refractivity contribution is -0.141. The van der Waals surface area contributed by atoms with Crippen LogP contribution in [0.4, 0.5) is 5.69 Å². The molecule has 0 aliphatic carbocycles. The lowest BCUT2D eigenvalue weighted by Crippen LogP contribution is -2.50. The molecule has 2 rings (SSSR count). The van der Waals surface area contributed by atoms with E-state index >= 15 is 0 Å². The molecule has 0 aliphatic heterocycles. The summed E-state index contributed by atoms with van der Waals surface area (Å²) in [4.78, 5) is 28.2. The van der Waals surface area contributed by atoms with Gasteiger partial charge in [0, 0.05) is 41.2 Å². The first kappa shape index (κ1) is 31.7. The standard InChI is InChI=1S/C27H37Cl2N3O5S/c1-6-19(3)30-27(34)25(7-2)31(18-22-23(28)10-8-11-24(22)29)26(33)12-9-17-32(38(5,35)36)20-13-15-21(37-4)16-14-20/h8,10-11,13-16,19,25H,6-7,9,12,17-18H2,1-5H3,(H,30,34)/t19-,25+/m0/s1. The van der Waals surface area contributed by atoms with Crippen molar-refractivity contribution in [2.24, 2.45) is 0 Å². The monoisotopic (exact) mass is 585 g/mol. The van der Waals surface area contributed by atoms with Crippen LogP contribution >= 0.6 is 23.2 Å². The lowest BCUT2D eigenvalue weighted by atomic mass is 10.1. The van der Waals surface area contributed by atoms with Crippen LogP contribution in [0.3, 0.4) is 0 Å². The number of amides is 2. The van der Waals surface area contributed by atoms with Gasteiger partial charge in [-0.25, -0.2) is 8.42 Å². The summed E-state index contributed by atoms with van der Waals surface area (Å²) >= 11 is 12.8. The molecule has 0 unspecified atom stereocenters. The van der Waals surface area contributed by atoms with E-state index in [1.807, 2.05) is 20.8 Å². The zero-order valence-electron chi connectivity index (χ0n) is 22.5. The fourth-order valence-corrected chi connectivity index (χ4v) is 5.45. The first-order valence-corrected chi connectivity index (χ1v) is 15.2. The van der Waals surface area contributed by atoms with E-state index < -0.39 is 16.1 Å². The molecule has 0 radical (unpaired) electrons. The Morgan fingerprint density at radius 3 is 2.13 bits per heavy atom. The third-order valence-electron chi connectivity index (χ3n) is 6.29. The Morgan fingerprint density at radius 1 is 1.03 bits per heavy atom. The molecule has 210 valence electrons. The highest BCUT2D eigenvalue weighted by atomic mass is 35.5. The summed E-state index contributed by atoms with van der Waals surface area (Å²) in [5.41, 5.74) is 1.02. The quantitative estimate of drug-likeness (QED) is 0.326. The smallest absolute Gasteiger partial charge is 0.243 e. The molecule has 38 heavy (non-hydrogen) atoms. The largest absolute Gasteiger partial charge is 0.497 e. The first-order chi connectivity index (χ1) is 17.9. The van der Waals surface area contributed by atoms with Gasteiger partial charge in [-0.3, -0.25) is 13.9 Å². The number of rotatable bonds is 14. The fraction of sp³-hybridized carbons (Fsp3) is 0.481. The summed E-state index contributed by atoms with van der Waals surface area (Å²) in [6, 6.07) is 11.0. The number of sulfonamides is 1. The molecule has 0 aliphatic rings. The van der Waals surface area contributed by atoms with E-state index in [-0.39, 0.29) is 43.8 Å². The van der Waals surface area contributed by atoms with Crippen LogP contribution in [0.1, 0.15) is 52.0 Å². The van der Waals surface area contributed by atoms with Crippen LogP contribution in [0.2, 0.25) is 10.0 Å². The highest BCUT2D eigenvalue weighted by molar-refractivity contribution is 7.92. The number of benzene rings is 2. The normalized spacial score (nSPS) is 12.9. The van der Waals surface area contributed by atoms with Gasteiger partial charge in [0.15, 0.2) is 0 Å². The molecule has 2 atom stereocenters. The predicted molar refractivity (Wildman–Crippen MR) is 153 cm³/mol. The summed E-state index contributed by atoms with van der Waals surface area (Å²) in [6.07, 6.45) is 2.53. The van der Waals surface area contributed by atoms with Crippen LogP contribution < -0.4 is 14.4 Å². The van der Waals surface area contributed by atoms with E-state index in [4.69, 9.17) is 27.9 Å². The maximum Gasteiger partial charge on any atom is 0.243 e. The maximum absolute atomic E-state index is 13.6. The summed E-state index contributed by atoms with van der Waals surface area (Å²) in [5, 5.41) is 3.76. The van der Waals surface area contributed by atoms with E-state index in [0.717, 1.165) is 12.7 Å². The Balaban J connectivity index is 2.27. The van der Waals surface area contributed by atoms with E-state index in [1.54, 1.807) is 42.5 Å². The zero-order chi connectivity index (χ0) is 28.5. The second kappa shape index (κ2) is 14.6. The van der Waals surface area contributed by atoms with Gasteiger partial charge in [0.1, 0.15) is 11.8 Å². The van der Waals surface area contributed by atoms with E-state index in [9.17, 15) is 18.0 Å².